The normalized spacial score (nSPS) is 9.38. The van der Waals surface area contributed by atoms with Crippen molar-refractivity contribution in [3.63, 3.8) is 0 Å². The molecule has 0 unspecified atom stereocenters. The molecule has 0 aliphatic rings. The molecule has 0 saturated carbocycles. The summed E-state index contributed by atoms with van der Waals surface area (Å²) in [7, 11) is 1.62. The van der Waals surface area contributed by atoms with Crippen molar-refractivity contribution in [1.82, 2.24) is 10.3 Å². The van der Waals surface area contributed by atoms with Crippen LogP contribution in [0.4, 0.5) is 5.69 Å². The van der Waals surface area contributed by atoms with E-state index in [-0.39, 0.29) is 37.3 Å². The van der Waals surface area contributed by atoms with E-state index in [4.69, 9.17) is 9.47 Å². The Labute approximate surface area is 153 Å². The van der Waals surface area contributed by atoms with Crippen molar-refractivity contribution in [3.8, 4) is 11.6 Å². The second-order valence-electron chi connectivity index (χ2n) is 4.52. The topological polar surface area (TPSA) is 72.5 Å². The molecule has 1 aromatic carbocycles. The van der Waals surface area contributed by atoms with Crippen LogP contribution in [0.15, 0.2) is 48.7 Å². The number of methoxy groups -OCH3 is 1. The first kappa shape index (κ1) is 22.1. The fourth-order valence-corrected chi connectivity index (χ4v) is 1.75. The monoisotopic (exact) mass is 373 g/mol. The number of rotatable bonds is 8. The highest BCUT2D eigenvalue weighted by molar-refractivity contribution is 5.92. The van der Waals surface area contributed by atoms with Crippen molar-refractivity contribution < 1.29 is 14.3 Å². The Morgan fingerprint density at radius 3 is 2.71 bits per heavy atom. The highest BCUT2D eigenvalue weighted by Crippen LogP contribution is 2.22. The average Bonchev–Trinajstić information content (AvgIpc) is 2.53. The van der Waals surface area contributed by atoms with Crippen LogP contribution in [0.25, 0.3) is 0 Å². The molecule has 132 valence electrons. The van der Waals surface area contributed by atoms with Crippen LogP contribution >= 0.6 is 24.8 Å². The van der Waals surface area contributed by atoms with Crippen molar-refractivity contribution in [1.29, 1.82) is 0 Å². The van der Waals surface area contributed by atoms with E-state index in [0.717, 1.165) is 0 Å². The van der Waals surface area contributed by atoms with E-state index in [1.807, 2.05) is 18.2 Å². The van der Waals surface area contributed by atoms with Crippen molar-refractivity contribution in [3.05, 3.63) is 48.7 Å². The van der Waals surface area contributed by atoms with E-state index in [9.17, 15) is 4.79 Å². The molecular weight excluding hydrogens is 353 g/mol. The van der Waals surface area contributed by atoms with E-state index in [1.165, 1.54) is 0 Å². The lowest BCUT2D eigenvalue weighted by molar-refractivity contribution is -0.115. The zero-order chi connectivity index (χ0) is 15.6. The largest absolute Gasteiger partial charge is 0.439 e. The SMILES string of the molecule is COCCNCC(=O)Nc1cccc(Oc2ccccn2)c1.Cl.Cl. The van der Waals surface area contributed by atoms with Gasteiger partial charge in [-0.3, -0.25) is 4.79 Å². The summed E-state index contributed by atoms with van der Waals surface area (Å²) in [5.74, 6) is 1.00. The lowest BCUT2D eigenvalue weighted by atomic mass is 10.3. The van der Waals surface area contributed by atoms with Crippen LogP contribution in [0.3, 0.4) is 0 Å². The highest BCUT2D eigenvalue weighted by Gasteiger charge is 2.04. The minimum atomic E-state index is -0.119. The summed E-state index contributed by atoms with van der Waals surface area (Å²) in [5.41, 5.74) is 0.673. The molecule has 24 heavy (non-hydrogen) atoms. The Kier molecular flexibility index (Phi) is 11.6. The Hall–Kier alpha value is -1.86. The third kappa shape index (κ3) is 8.12. The van der Waals surface area contributed by atoms with Gasteiger partial charge in [0.2, 0.25) is 11.8 Å². The number of nitrogens with zero attached hydrogens (tertiary/aromatic N) is 1. The molecule has 0 bridgehead atoms. The van der Waals surface area contributed by atoms with Crippen LogP contribution in [-0.2, 0) is 9.53 Å². The van der Waals surface area contributed by atoms with E-state index in [0.29, 0.717) is 30.5 Å². The lowest BCUT2D eigenvalue weighted by Crippen LogP contribution is -2.30. The van der Waals surface area contributed by atoms with Gasteiger partial charge in [-0.2, -0.15) is 0 Å². The van der Waals surface area contributed by atoms with Gasteiger partial charge in [0.1, 0.15) is 5.75 Å². The number of benzene rings is 1. The van der Waals surface area contributed by atoms with E-state index >= 15 is 0 Å². The smallest absolute Gasteiger partial charge is 0.238 e. The van der Waals surface area contributed by atoms with Gasteiger partial charge in [0.25, 0.3) is 0 Å². The highest BCUT2D eigenvalue weighted by atomic mass is 35.5. The molecule has 2 rings (SSSR count). The Bertz CT molecular complexity index is 600. The first-order valence-electron chi connectivity index (χ1n) is 6.96. The molecule has 0 fully saturated rings. The summed E-state index contributed by atoms with van der Waals surface area (Å²) < 4.78 is 10.5. The molecule has 6 nitrogen and oxygen atoms in total. The minimum absolute atomic E-state index is 0. The summed E-state index contributed by atoms with van der Waals surface area (Å²) in [6.45, 7) is 1.43. The van der Waals surface area contributed by atoms with Crippen LogP contribution < -0.4 is 15.4 Å². The lowest BCUT2D eigenvalue weighted by Gasteiger charge is -2.09. The van der Waals surface area contributed by atoms with Gasteiger partial charge in [-0.1, -0.05) is 12.1 Å². The standard InChI is InChI=1S/C16H19N3O3.2ClH/c1-21-10-9-17-12-15(20)19-13-5-4-6-14(11-13)22-16-7-2-3-8-18-16;;/h2-8,11,17H,9-10,12H2,1H3,(H,19,20);2*1H. The first-order valence-corrected chi connectivity index (χ1v) is 6.96. The van der Waals surface area contributed by atoms with Gasteiger partial charge >= 0.3 is 0 Å². The Balaban J connectivity index is 0.00000264. The quantitative estimate of drug-likeness (QED) is 0.696. The average molecular weight is 374 g/mol. The molecule has 0 spiro atoms. The molecule has 0 saturated heterocycles. The molecule has 2 aromatic rings. The molecule has 2 N–H and O–H groups in total. The zero-order valence-corrected chi connectivity index (χ0v) is 14.9. The van der Waals surface area contributed by atoms with Crippen molar-refractivity contribution in [2.75, 3.05) is 32.1 Å². The summed E-state index contributed by atoms with van der Waals surface area (Å²) >= 11 is 0. The second kappa shape index (κ2) is 12.5. The van der Waals surface area contributed by atoms with Crippen molar-refractivity contribution in [2.24, 2.45) is 0 Å². The summed E-state index contributed by atoms with van der Waals surface area (Å²) in [5, 5.41) is 5.78. The molecule has 1 amide bonds. The van der Waals surface area contributed by atoms with Gasteiger partial charge in [0.05, 0.1) is 13.2 Å². The van der Waals surface area contributed by atoms with Crippen molar-refractivity contribution >= 4 is 36.4 Å². The fourth-order valence-electron chi connectivity index (χ4n) is 1.75. The number of halogens is 2. The van der Waals surface area contributed by atoms with E-state index in [1.54, 1.807) is 37.6 Å². The van der Waals surface area contributed by atoms with Crippen LogP contribution in [0.1, 0.15) is 0 Å². The maximum absolute atomic E-state index is 11.8. The predicted molar refractivity (Wildman–Crippen MR) is 98.6 cm³/mol. The van der Waals surface area contributed by atoms with Gasteiger partial charge in [-0.05, 0) is 18.2 Å². The van der Waals surface area contributed by atoms with Crippen LogP contribution in [-0.4, -0.2) is 37.7 Å². The summed E-state index contributed by atoms with van der Waals surface area (Å²) in [6, 6.07) is 12.6. The van der Waals surface area contributed by atoms with Crippen LogP contribution in [0.5, 0.6) is 11.6 Å². The number of pyridine rings is 1. The van der Waals surface area contributed by atoms with Crippen molar-refractivity contribution in [2.45, 2.75) is 0 Å². The molecule has 0 radical (unpaired) electrons. The number of nitrogens with one attached hydrogen (secondary N) is 2. The molecule has 1 heterocycles. The van der Waals surface area contributed by atoms with Crippen LogP contribution in [0, 0.1) is 0 Å². The summed E-state index contributed by atoms with van der Waals surface area (Å²) in [4.78, 5) is 15.9. The predicted octanol–water partition coefficient (Wildman–Crippen LogP) is 2.89. The first-order chi connectivity index (χ1) is 10.8. The number of hydrogen-bond acceptors (Lipinski definition) is 5. The van der Waals surface area contributed by atoms with Gasteiger partial charge in [0, 0.05) is 37.7 Å². The molecule has 0 atom stereocenters. The van der Waals surface area contributed by atoms with Gasteiger partial charge in [0.15, 0.2) is 0 Å². The molecule has 8 heteroatoms. The number of carbonyl (C=O) groups is 1. The molecule has 0 aliphatic carbocycles. The zero-order valence-electron chi connectivity index (χ0n) is 13.2. The number of ether oxygens (including phenoxy) is 2. The third-order valence-electron chi connectivity index (χ3n) is 2.75. The maximum Gasteiger partial charge on any atom is 0.238 e. The van der Waals surface area contributed by atoms with Gasteiger partial charge in [-0.25, -0.2) is 4.98 Å². The number of carbonyl (C=O) groups excluding carboxylic acids is 1. The number of amides is 1. The van der Waals surface area contributed by atoms with E-state index < -0.39 is 0 Å². The fraction of sp³-hybridized carbons (Fsp3) is 0.250. The van der Waals surface area contributed by atoms with Crippen LogP contribution in [0.2, 0.25) is 0 Å². The summed E-state index contributed by atoms with van der Waals surface area (Å²) in [6.07, 6.45) is 1.66. The molecular formula is C16H21Cl2N3O3. The van der Waals surface area contributed by atoms with E-state index in [2.05, 4.69) is 15.6 Å². The Morgan fingerprint density at radius 2 is 2.00 bits per heavy atom. The molecule has 0 aliphatic heterocycles. The third-order valence-corrected chi connectivity index (χ3v) is 2.75. The van der Waals surface area contributed by atoms with Gasteiger partial charge in [-0.15, -0.1) is 24.8 Å². The number of anilines is 1. The van der Waals surface area contributed by atoms with Gasteiger partial charge < -0.3 is 20.1 Å². The minimum Gasteiger partial charge on any atom is -0.439 e. The number of aromatic nitrogens is 1. The second-order valence-corrected chi connectivity index (χ2v) is 4.52. The number of hydrogen-bond donors (Lipinski definition) is 2. The molecule has 1 aromatic heterocycles. The maximum atomic E-state index is 11.8. The Morgan fingerprint density at radius 1 is 1.17 bits per heavy atom.